The third-order valence-corrected chi connectivity index (χ3v) is 2.37. The van der Waals surface area contributed by atoms with Crippen molar-refractivity contribution in [2.45, 2.75) is 38.9 Å². The Morgan fingerprint density at radius 1 is 1.29 bits per heavy atom. The van der Waals surface area contributed by atoms with Gasteiger partial charge in [-0.3, -0.25) is 0 Å². The average Bonchev–Trinajstić information content (AvgIpc) is 2.24. The molecule has 1 aromatic rings. The van der Waals surface area contributed by atoms with Crippen LogP contribution in [0.25, 0.3) is 0 Å². The van der Waals surface area contributed by atoms with Crippen molar-refractivity contribution in [3.8, 4) is 0 Å². The minimum absolute atomic E-state index is 0.0744. The molecule has 0 atom stereocenters. The maximum atomic E-state index is 12.5. The lowest BCUT2D eigenvalue weighted by Gasteiger charge is -2.16. The van der Waals surface area contributed by atoms with Crippen LogP contribution in [0.3, 0.4) is 0 Å². The quantitative estimate of drug-likeness (QED) is 0.859. The summed E-state index contributed by atoms with van der Waals surface area (Å²) in [6.07, 6.45) is -2.93. The largest absolute Gasteiger partial charge is 0.433 e. The van der Waals surface area contributed by atoms with Crippen LogP contribution >= 0.6 is 0 Å². The molecule has 1 heterocycles. The van der Waals surface area contributed by atoms with Crippen molar-refractivity contribution in [3.05, 3.63) is 11.8 Å². The SMILES string of the molecule is CCC(CC)Nc1cc(C(F)(F)F)nc(N)n1. The minimum atomic E-state index is -4.51. The lowest BCUT2D eigenvalue weighted by Crippen LogP contribution is -2.20. The van der Waals surface area contributed by atoms with E-state index in [-0.39, 0.29) is 17.8 Å². The highest BCUT2D eigenvalue weighted by atomic mass is 19.4. The van der Waals surface area contributed by atoms with E-state index in [9.17, 15) is 13.2 Å². The molecule has 17 heavy (non-hydrogen) atoms. The molecule has 3 N–H and O–H groups in total. The number of alkyl halides is 3. The molecule has 7 heteroatoms. The standard InChI is InChI=1S/C10H15F3N4/c1-3-6(4-2)15-8-5-7(10(11,12)13)16-9(14)17-8/h5-6H,3-4H2,1-2H3,(H3,14,15,16,17). The van der Waals surface area contributed by atoms with Gasteiger partial charge in [0.15, 0.2) is 5.69 Å². The number of nitrogens with one attached hydrogen (secondary N) is 1. The van der Waals surface area contributed by atoms with Gasteiger partial charge in [0.1, 0.15) is 5.82 Å². The zero-order valence-electron chi connectivity index (χ0n) is 9.67. The Morgan fingerprint density at radius 3 is 2.35 bits per heavy atom. The lowest BCUT2D eigenvalue weighted by molar-refractivity contribution is -0.141. The molecule has 96 valence electrons. The van der Waals surface area contributed by atoms with Crippen LogP contribution < -0.4 is 11.1 Å². The van der Waals surface area contributed by atoms with Gasteiger partial charge in [-0.2, -0.15) is 18.2 Å². The maximum absolute atomic E-state index is 12.5. The second-order valence-electron chi connectivity index (χ2n) is 3.65. The summed E-state index contributed by atoms with van der Waals surface area (Å²) in [6, 6.07) is 0.944. The van der Waals surface area contributed by atoms with E-state index in [4.69, 9.17) is 5.73 Å². The normalized spacial score (nSPS) is 11.9. The predicted octanol–water partition coefficient (Wildman–Crippen LogP) is 2.68. The summed E-state index contributed by atoms with van der Waals surface area (Å²) < 4.78 is 37.4. The van der Waals surface area contributed by atoms with Crippen LogP contribution in [0, 0.1) is 0 Å². The van der Waals surface area contributed by atoms with E-state index >= 15 is 0 Å². The van der Waals surface area contributed by atoms with E-state index in [1.807, 2.05) is 13.8 Å². The van der Waals surface area contributed by atoms with Gasteiger partial charge in [-0.1, -0.05) is 13.8 Å². The fourth-order valence-electron chi connectivity index (χ4n) is 1.39. The number of anilines is 2. The van der Waals surface area contributed by atoms with E-state index in [0.29, 0.717) is 0 Å². The van der Waals surface area contributed by atoms with Crippen LogP contribution in [0.1, 0.15) is 32.4 Å². The summed E-state index contributed by atoms with van der Waals surface area (Å²) >= 11 is 0. The number of rotatable bonds is 4. The van der Waals surface area contributed by atoms with E-state index in [1.54, 1.807) is 0 Å². The first-order valence-corrected chi connectivity index (χ1v) is 5.35. The Balaban J connectivity index is 2.97. The molecule has 0 bridgehead atoms. The molecule has 0 unspecified atom stereocenters. The number of aromatic nitrogens is 2. The molecule has 0 fully saturated rings. The molecule has 0 spiro atoms. The van der Waals surface area contributed by atoms with Crippen molar-refractivity contribution in [3.63, 3.8) is 0 Å². The minimum Gasteiger partial charge on any atom is -0.368 e. The van der Waals surface area contributed by atoms with Crippen molar-refractivity contribution in [1.82, 2.24) is 9.97 Å². The van der Waals surface area contributed by atoms with Gasteiger partial charge in [0.2, 0.25) is 5.95 Å². The lowest BCUT2D eigenvalue weighted by atomic mass is 10.2. The smallest absolute Gasteiger partial charge is 0.368 e. The molecular weight excluding hydrogens is 233 g/mol. The fraction of sp³-hybridized carbons (Fsp3) is 0.600. The number of nitrogen functional groups attached to an aromatic ring is 1. The van der Waals surface area contributed by atoms with Crippen LogP contribution in [0.4, 0.5) is 24.9 Å². The molecule has 0 aromatic carbocycles. The summed E-state index contributed by atoms with van der Waals surface area (Å²) in [4.78, 5) is 6.90. The van der Waals surface area contributed by atoms with Gasteiger partial charge >= 0.3 is 6.18 Å². The van der Waals surface area contributed by atoms with Gasteiger partial charge < -0.3 is 11.1 Å². The Kier molecular flexibility index (Phi) is 4.14. The molecule has 4 nitrogen and oxygen atoms in total. The fourth-order valence-corrected chi connectivity index (χ4v) is 1.39. The van der Waals surface area contributed by atoms with Crippen molar-refractivity contribution < 1.29 is 13.2 Å². The van der Waals surface area contributed by atoms with Crippen LogP contribution in [0.15, 0.2) is 6.07 Å². The average molecular weight is 248 g/mol. The molecule has 1 aromatic heterocycles. The first-order chi connectivity index (χ1) is 7.86. The monoisotopic (exact) mass is 248 g/mol. The number of nitrogens with two attached hydrogens (primary N) is 1. The summed E-state index contributed by atoms with van der Waals surface area (Å²) in [5.74, 6) is -0.271. The first kappa shape index (κ1) is 13.5. The Labute approximate surface area is 97.4 Å². The third-order valence-electron chi connectivity index (χ3n) is 2.37. The molecule has 1 rings (SSSR count). The van der Waals surface area contributed by atoms with Gasteiger partial charge in [0, 0.05) is 12.1 Å². The molecule has 0 saturated heterocycles. The van der Waals surface area contributed by atoms with Crippen LogP contribution in [-0.4, -0.2) is 16.0 Å². The van der Waals surface area contributed by atoms with E-state index in [1.165, 1.54) is 0 Å². The molecule has 0 aliphatic rings. The molecular formula is C10H15F3N4. The predicted molar refractivity (Wildman–Crippen MR) is 59.4 cm³/mol. The number of hydrogen-bond acceptors (Lipinski definition) is 4. The second-order valence-corrected chi connectivity index (χ2v) is 3.65. The van der Waals surface area contributed by atoms with Gasteiger partial charge in [-0.05, 0) is 12.8 Å². The van der Waals surface area contributed by atoms with Crippen molar-refractivity contribution >= 4 is 11.8 Å². The van der Waals surface area contributed by atoms with E-state index < -0.39 is 11.9 Å². The zero-order chi connectivity index (χ0) is 13.1. The van der Waals surface area contributed by atoms with E-state index in [2.05, 4.69) is 15.3 Å². The van der Waals surface area contributed by atoms with Crippen molar-refractivity contribution in [1.29, 1.82) is 0 Å². The zero-order valence-corrected chi connectivity index (χ0v) is 9.67. The Morgan fingerprint density at radius 2 is 1.88 bits per heavy atom. The molecule has 0 amide bonds. The summed E-state index contributed by atoms with van der Waals surface area (Å²) in [5, 5.41) is 2.90. The van der Waals surface area contributed by atoms with Crippen molar-refractivity contribution in [2.75, 3.05) is 11.1 Å². The molecule has 0 radical (unpaired) electrons. The van der Waals surface area contributed by atoms with Gasteiger partial charge in [-0.25, -0.2) is 4.98 Å². The van der Waals surface area contributed by atoms with Crippen molar-refractivity contribution in [2.24, 2.45) is 0 Å². The molecule has 0 aliphatic heterocycles. The highest BCUT2D eigenvalue weighted by Gasteiger charge is 2.33. The number of hydrogen-bond donors (Lipinski definition) is 2. The summed E-state index contributed by atoms with van der Waals surface area (Å²) in [7, 11) is 0. The molecule has 0 aliphatic carbocycles. The summed E-state index contributed by atoms with van der Waals surface area (Å²) in [6.45, 7) is 3.88. The molecule has 0 saturated carbocycles. The topological polar surface area (TPSA) is 63.8 Å². The van der Waals surface area contributed by atoms with Gasteiger partial charge in [0.05, 0.1) is 0 Å². The number of halogens is 3. The van der Waals surface area contributed by atoms with Crippen LogP contribution in [0.2, 0.25) is 0 Å². The second kappa shape index (κ2) is 5.20. The Hall–Kier alpha value is -1.53. The summed E-state index contributed by atoms with van der Waals surface area (Å²) in [5.41, 5.74) is 4.22. The van der Waals surface area contributed by atoms with Crippen LogP contribution in [-0.2, 0) is 6.18 Å². The maximum Gasteiger partial charge on any atom is 0.433 e. The highest BCUT2D eigenvalue weighted by molar-refractivity contribution is 5.42. The Bertz CT molecular complexity index is 374. The highest BCUT2D eigenvalue weighted by Crippen LogP contribution is 2.29. The van der Waals surface area contributed by atoms with E-state index in [0.717, 1.165) is 18.9 Å². The van der Waals surface area contributed by atoms with Gasteiger partial charge in [0.25, 0.3) is 0 Å². The van der Waals surface area contributed by atoms with Crippen LogP contribution in [0.5, 0.6) is 0 Å². The number of nitrogens with zero attached hydrogens (tertiary/aromatic N) is 2. The van der Waals surface area contributed by atoms with Gasteiger partial charge in [-0.15, -0.1) is 0 Å². The third kappa shape index (κ3) is 3.76. The first-order valence-electron chi connectivity index (χ1n) is 5.35.